The van der Waals surface area contributed by atoms with Crippen molar-refractivity contribution in [2.24, 2.45) is 5.73 Å². The van der Waals surface area contributed by atoms with E-state index < -0.39 is 0 Å². The van der Waals surface area contributed by atoms with E-state index in [4.69, 9.17) is 10.3 Å². The predicted octanol–water partition coefficient (Wildman–Crippen LogP) is 2.42. The molecule has 78 valence electrons. The first-order chi connectivity index (χ1) is 7.22. The second-order valence-electron chi connectivity index (χ2n) is 3.68. The number of benzene rings is 1. The van der Waals surface area contributed by atoms with Crippen molar-refractivity contribution in [2.45, 2.75) is 20.4 Å². The Hall–Kier alpha value is -1.61. The molecule has 0 unspecified atom stereocenters. The molecule has 0 atom stereocenters. The molecule has 3 nitrogen and oxygen atoms in total. The molecule has 0 bridgehead atoms. The van der Waals surface area contributed by atoms with Crippen molar-refractivity contribution in [1.29, 1.82) is 0 Å². The Morgan fingerprint density at radius 1 is 1.27 bits per heavy atom. The van der Waals surface area contributed by atoms with E-state index in [2.05, 4.69) is 31.1 Å². The summed E-state index contributed by atoms with van der Waals surface area (Å²) in [6, 6.07) is 6.20. The van der Waals surface area contributed by atoms with Crippen LogP contribution in [0.3, 0.4) is 0 Å². The summed E-state index contributed by atoms with van der Waals surface area (Å²) < 4.78 is 5.21. The first-order valence-corrected chi connectivity index (χ1v) is 4.93. The zero-order valence-electron chi connectivity index (χ0n) is 8.95. The lowest BCUT2D eigenvalue weighted by molar-refractivity contribution is 0.431. The summed E-state index contributed by atoms with van der Waals surface area (Å²) in [5, 5.41) is 3.77. The Kier molecular flexibility index (Phi) is 2.56. The molecule has 3 heteroatoms. The maximum Gasteiger partial charge on any atom is 0.171 e. The maximum absolute atomic E-state index is 5.60. The molecule has 15 heavy (non-hydrogen) atoms. The standard InChI is InChI=1S/C12H14N2O/c1-8-3-4-10(5-9(8)2)12-11(6-13)7-14-15-12/h3-5,7H,6,13H2,1-2H3. The molecule has 0 saturated carbocycles. The number of hydrogen-bond acceptors (Lipinski definition) is 3. The van der Waals surface area contributed by atoms with Gasteiger partial charge in [0.05, 0.1) is 6.20 Å². The zero-order chi connectivity index (χ0) is 10.8. The highest BCUT2D eigenvalue weighted by atomic mass is 16.5. The fraction of sp³-hybridized carbons (Fsp3) is 0.250. The van der Waals surface area contributed by atoms with Crippen LogP contribution < -0.4 is 5.73 Å². The monoisotopic (exact) mass is 202 g/mol. The minimum absolute atomic E-state index is 0.450. The number of aromatic nitrogens is 1. The summed E-state index contributed by atoms with van der Waals surface area (Å²) in [6.07, 6.45) is 1.67. The van der Waals surface area contributed by atoms with Gasteiger partial charge in [-0.3, -0.25) is 0 Å². The minimum atomic E-state index is 0.450. The highest BCUT2D eigenvalue weighted by Gasteiger charge is 2.09. The Morgan fingerprint density at radius 3 is 2.73 bits per heavy atom. The second kappa shape index (κ2) is 3.87. The van der Waals surface area contributed by atoms with Crippen LogP contribution in [-0.2, 0) is 6.54 Å². The topological polar surface area (TPSA) is 52.0 Å². The van der Waals surface area contributed by atoms with Crippen molar-refractivity contribution in [3.05, 3.63) is 41.1 Å². The Balaban J connectivity index is 2.50. The Bertz CT molecular complexity index is 474. The zero-order valence-corrected chi connectivity index (χ0v) is 8.95. The molecule has 0 aliphatic rings. The molecule has 1 heterocycles. The summed E-state index contributed by atoms with van der Waals surface area (Å²) in [5.41, 5.74) is 10.1. The third kappa shape index (κ3) is 1.78. The molecule has 1 aromatic carbocycles. The van der Waals surface area contributed by atoms with E-state index >= 15 is 0 Å². The van der Waals surface area contributed by atoms with Crippen LogP contribution in [0.4, 0.5) is 0 Å². The number of hydrogen-bond donors (Lipinski definition) is 1. The number of aryl methyl sites for hydroxylation is 2. The minimum Gasteiger partial charge on any atom is -0.356 e. The number of nitrogens with two attached hydrogens (primary N) is 1. The molecule has 0 saturated heterocycles. The fourth-order valence-electron chi connectivity index (χ4n) is 1.53. The largest absolute Gasteiger partial charge is 0.356 e. The quantitative estimate of drug-likeness (QED) is 0.813. The molecule has 0 aliphatic carbocycles. The lowest BCUT2D eigenvalue weighted by Gasteiger charge is -2.03. The predicted molar refractivity (Wildman–Crippen MR) is 59.3 cm³/mol. The average molecular weight is 202 g/mol. The van der Waals surface area contributed by atoms with Gasteiger partial charge >= 0.3 is 0 Å². The fourth-order valence-corrected chi connectivity index (χ4v) is 1.53. The summed E-state index contributed by atoms with van der Waals surface area (Å²) in [4.78, 5) is 0. The first kappa shape index (κ1) is 9.93. The van der Waals surface area contributed by atoms with Crippen molar-refractivity contribution in [3.63, 3.8) is 0 Å². The van der Waals surface area contributed by atoms with Crippen LogP contribution in [0.2, 0.25) is 0 Å². The molecule has 0 fully saturated rings. The molecule has 2 N–H and O–H groups in total. The molecule has 2 rings (SSSR count). The van der Waals surface area contributed by atoms with Crippen LogP contribution >= 0.6 is 0 Å². The molecule has 0 amide bonds. The van der Waals surface area contributed by atoms with Crippen molar-refractivity contribution >= 4 is 0 Å². The number of nitrogens with zero attached hydrogens (tertiary/aromatic N) is 1. The van der Waals surface area contributed by atoms with Crippen LogP contribution in [0.15, 0.2) is 28.9 Å². The van der Waals surface area contributed by atoms with E-state index in [0.717, 1.165) is 16.9 Å². The smallest absolute Gasteiger partial charge is 0.171 e. The van der Waals surface area contributed by atoms with Crippen LogP contribution in [0, 0.1) is 13.8 Å². The Morgan fingerprint density at radius 2 is 2.07 bits per heavy atom. The summed E-state index contributed by atoms with van der Waals surface area (Å²) in [7, 11) is 0. The van der Waals surface area contributed by atoms with Gasteiger partial charge in [0.1, 0.15) is 0 Å². The van der Waals surface area contributed by atoms with Crippen molar-refractivity contribution in [1.82, 2.24) is 5.16 Å². The second-order valence-corrected chi connectivity index (χ2v) is 3.68. The van der Waals surface area contributed by atoms with Gasteiger partial charge in [-0.1, -0.05) is 17.3 Å². The average Bonchev–Trinajstić information content (AvgIpc) is 2.70. The SMILES string of the molecule is Cc1ccc(-c2oncc2CN)cc1C. The van der Waals surface area contributed by atoms with Gasteiger partial charge in [-0.25, -0.2) is 0 Å². The van der Waals surface area contributed by atoms with Crippen LogP contribution in [0.1, 0.15) is 16.7 Å². The molecule has 2 aromatic rings. The van der Waals surface area contributed by atoms with E-state index in [1.165, 1.54) is 11.1 Å². The number of rotatable bonds is 2. The van der Waals surface area contributed by atoms with Gasteiger partial charge in [0.25, 0.3) is 0 Å². The van der Waals surface area contributed by atoms with Gasteiger partial charge in [-0.15, -0.1) is 0 Å². The summed E-state index contributed by atoms with van der Waals surface area (Å²) >= 11 is 0. The van der Waals surface area contributed by atoms with Crippen molar-refractivity contribution in [3.8, 4) is 11.3 Å². The molecule has 0 spiro atoms. The third-order valence-electron chi connectivity index (χ3n) is 2.63. The molecule has 0 radical (unpaired) electrons. The van der Waals surface area contributed by atoms with Crippen molar-refractivity contribution < 1.29 is 4.52 Å². The molecule has 0 aliphatic heterocycles. The Labute approximate surface area is 88.9 Å². The van der Waals surface area contributed by atoms with E-state index in [1.54, 1.807) is 6.20 Å². The third-order valence-corrected chi connectivity index (χ3v) is 2.63. The first-order valence-electron chi connectivity index (χ1n) is 4.93. The van der Waals surface area contributed by atoms with Gasteiger partial charge in [0.2, 0.25) is 0 Å². The van der Waals surface area contributed by atoms with Crippen LogP contribution in [-0.4, -0.2) is 5.16 Å². The summed E-state index contributed by atoms with van der Waals surface area (Å²) in [5.74, 6) is 0.778. The molecule has 1 aromatic heterocycles. The maximum atomic E-state index is 5.60. The van der Waals surface area contributed by atoms with E-state index in [0.29, 0.717) is 6.54 Å². The molecular formula is C12H14N2O. The van der Waals surface area contributed by atoms with Gasteiger partial charge in [-0.2, -0.15) is 0 Å². The summed E-state index contributed by atoms with van der Waals surface area (Å²) in [6.45, 7) is 4.62. The van der Waals surface area contributed by atoms with Gasteiger partial charge in [-0.05, 0) is 31.0 Å². The lowest BCUT2D eigenvalue weighted by atomic mass is 10.0. The van der Waals surface area contributed by atoms with E-state index in [9.17, 15) is 0 Å². The van der Waals surface area contributed by atoms with E-state index in [1.807, 2.05) is 6.07 Å². The van der Waals surface area contributed by atoms with Gasteiger partial charge < -0.3 is 10.3 Å². The highest BCUT2D eigenvalue weighted by molar-refractivity contribution is 5.62. The van der Waals surface area contributed by atoms with Crippen LogP contribution in [0.25, 0.3) is 11.3 Å². The van der Waals surface area contributed by atoms with Gasteiger partial charge in [0, 0.05) is 17.7 Å². The normalized spacial score (nSPS) is 10.6. The van der Waals surface area contributed by atoms with Crippen LogP contribution in [0.5, 0.6) is 0 Å². The van der Waals surface area contributed by atoms with Crippen molar-refractivity contribution in [2.75, 3.05) is 0 Å². The van der Waals surface area contributed by atoms with E-state index in [-0.39, 0.29) is 0 Å². The molecular weight excluding hydrogens is 188 g/mol. The highest BCUT2D eigenvalue weighted by Crippen LogP contribution is 2.25. The lowest BCUT2D eigenvalue weighted by Crippen LogP contribution is -1.96. The van der Waals surface area contributed by atoms with Gasteiger partial charge in [0.15, 0.2) is 5.76 Å².